The Morgan fingerprint density at radius 1 is 1.17 bits per heavy atom. The Morgan fingerprint density at radius 2 is 1.75 bits per heavy atom. The minimum atomic E-state index is -4.56. The van der Waals surface area contributed by atoms with Crippen molar-refractivity contribution in [2.75, 3.05) is 11.9 Å². The molecule has 1 heterocycles. The molecule has 0 amide bonds. The van der Waals surface area contributed by atoms with E-state index in [9.17, 15) is 21.6 Å². The molecule has 2 aromatic rings. The standard InChI is InChI=1S/C14H15F3N4O2S/c1-9(10-3-5-11(6-4-10)24(18,22)23)21(2)13-19-8-7-12(20-13)14(15,16)17/h3-9H,1-2H3,(H2,18,22,23). The van der Waals surface area contributed by atoms with Crippen LogP contribution in [0.1, 0.15) is 24.2 Å². The molecule has 10 heteroatoms. The van der Waals surface area contributed by atoms with E-state index in [2.05, 4.69) is 9.97 Å². The number of anilines is 1. The predicted octanol–water partition coefficient (Wildman–Crippen LogP) is 2.34. The van der Waals surface area contributed by atoms with Gasteiger partial charge in [0.2, 0.25) is 16.0 Å². The number of primary sulfonamides is 1. The predicted molar refractivity (Wildman–Crippen MR) is 81.7 cm³/mol. The quantitative estimate of drug-likeness (QED) is 0.904. The molecule has 1 aromatic carbocycles. The van der Waals surface area contributed by atoms with Gasteiger partial charge in [0.1, 0.15) is 5.69 Å². The highest BCUT2D eigenvalue weighted by molar-refractivity contribution is 7.89. The topological polar surface area (TPSA) is 89.2 Å². The molecule has 1 aromatic heterocycles. The van der Waals surface area contributed by atoms with Gasteiger partial charge < -0.3 is 4.90 Å². The van der Waals surface area contributed by atoms with E-state index in [1.165, 1.54) is 29.2 Å². The molecule has 0 radical (unpaired) electrons. The Hall–Kier alpha value is -2.20. The van der Waals surface area contributed by atoms with Crippen LogP contribution in [0.5, 0.6) is 0 Å². The molecule has 0 aliphatic carbocycles. The fraction of sp³-hybridized carbons (Fsp3) is 0.286. The molecule has 0 saturated carbocycles. The van der Waals surface area contributed by atoms with Crippen molar-refractivity contribution < 1.29 is 21.6 Å². The van der Waals surface area contributed by atoms with Crippen LogP contribution in [-0.2, 0) is 16.2 Å². The number of aromatic nitrogens is 2. The molecule has 24 heavy (non-hydrogen) atoms. The van der Waals surface area contributed by atoms with Crippen molar-refractivity contribution in [3.8, 4) is 0 Å². The van der Waals surface area contributed by atoms with Gasteiger partial charge in [0.05, 0.1) is 10.9 Å². The van der Waals surface area contributed by atoms with E-state index in [-0.39, 0.29) is 16.9 Å². The van der Waals surface area contributed by atoms with Crippen molar-refractivity contribution in [1.82, 2.24) is 9.97 Å². The monoisotopic (exact) mass is 360 g/mol. The van der Waals surface area contributed by atoms with E-state index >= 15 is 0 Å². The fourth-order valence-electron chi connectivity index (χ4n) is 2.01. The second-order valence-electron chi connectivity index (χ2n) is 5.14. The Kier molecular flexibility index (Phi) is 4.81. The number of rotatable bonds is 4. The van der Waals surface area contributed by atoms with Gasteiger partial charge in [-0.05, 0) is 30.7 Å². The molecule has 1 unspecified atom stereocenters. The first kappa shape index (κ1) is 18.1. The number of alkyl halides is 3. The van der Waals surface area contributed by atoms with E-state index in [0.29, 0.717) is 5.56 Å². The summed E-state index contributed by atoms with van der Waals surface area (Å²) in [5.74, 6) is -0.0900. The van der Waals surface area contributed by atoms with Crippen LogP contribution in [0.3, 0.4) is 0 Å². The third-order valence-corrected chi connectivity index (χ3v) is 4.45. The highest BCUT2D eigenvalue weighted by Gasteiger charge is 2.33. The average Bonchev–Trinajstić information content (AvgIpc) is 2.52. The highest BCUT2D eigenvalue weighted by atomic mass is 32.2. The van der Waals surface area contributed by atoms with Gasteiger partial charge in [0.25, 0.3) is 0 Å². The third-order valence-electron chi connectivity index (χ3n) is 3.52. The molecule has 0 saturated heterocycles. The van der Waals surface area contributed by atoms with Crippen molar-refractivity contribution in [2.24, 2.45) is 5.14 Å². The van der Waals surface area contributed by atoms with Crippen LogP contribution in [0, 0.1) is 0 Å². The van der Waals surface area contributed by atoms with E-state index in [1.54, 1.807) is 14.0 Å². The van der Waals surface area contributed by atoms with Crippen molar-refractivity contribution in [1.29, 1.82) is 0 Å². The van der Waals surface area contributed by atoms with E-state index in [1.807, 2.05) is 0 Å². The minimum absolute atomic E-state index is 0.0450. The Morgan fingerprint density at radius 3 is 2.25 bits per heavy atom. The van der Waals surface area contributed by atoms with E-state index < -0.39 is 21.9 Å². The van der Waals surface area contributed by atoms with Crippen molar-refractivity contribution in [2.45, 2.75) is 24.0 Å². The van der Waals surface area contributed by atoms with Gasteiger partial charge in [-0.3, -0.25) is 0 Å². The van der Waals surface area contributed by atoms with Crippen LogP contribution >= 0.6 is 0 Å². The number of halogens is 3. The molecule has 1 atom stereocenters. The number of sulfonamides is 1. The summed E-state index contributed by atoms with van der Waals surface area (Å²) < 4.78 is 60.7. The Bertz CT molecular complexity index is 823. The zero-order valence-corrected chi connectivity index (χ0v) is 13.6. The molecule has 0 bridgehead atoms. The van der Waals surface area contributed by atoms with Gasteiger partial charge in [-0.15, -0.1) is 0 Å². The summed E-state index contributed by atoms with van der Waals surface area (Å²) >= 11 is 0. The molecule has 0 aliphatic heterocycles. The second kappa shape index (κ2) is 6.36. The summed E-state index contributed by atoms with van der Waals surface area (Å²) in [5, 5.41) is 5.03. The second-order valence-corrected chi connectivity index (χ2v) is 6.70. The first-order valence-corrected chi connectivity index (χ1v) is 8.30. The van der Waals surface area contributed by atoms with Crippen LogP contribution in [0.15, 0.2) is 41.4 Å². The maximum absolute atomic E-state index is 12.7. The van der Waals surface area contributed by atoms with Gasteiger partial charge in [-0.1, -0.05) is 12.1 Å². The summed E-state index contributed by atoms with van der Waals surface area (Å²) in [6, 6.07) is 6.15. The van der Waals surface area contributed by atoms with E-state index in [4.69, 9.17) is 5.14 Å². The summed E-state index contributed by atoms with van der Waals surface area (Å²) in [5.41, 5.74) is -0.359. The van der Waals surface area contributed by atoms with E-state index in [0.717, 1.165) is 12.3 Å². The minimum Gasteiger partial charge on any atom is -0.337 e. The lowest BCUT2D eigenvalue weighted by Gasteiger charge is -2.25. The summed E-state index contributed by atoms with van der Waals surface area (Å²) in [7, 11) is -2.25. The SMILES string of the molecule is CC(c1ccc(S(N)(=O)=O)cc1)N(C)c1nccc(C(F)(F)F)n1. The van der Waals surface area contributed by atoms with Gasteiger partial charge in [-0.2, -0.15) is 13.2 Å². The molecular weight excluding hydrogens is 345 g/mol. The normalized spacial score (nSPS) is 13.6. The number of hydrogen-bond acceptors (Lipinski definition) is 5. The molecule has 2 rings (SSSR count). The maximum Gasteiger partial charge on any atom is 0.433 e. The van der Waals surface area contributed by atoms with Gasteiger partial charge in [0.15, 0.2) is 0 Å². The van der Waals surface area contributed by atoms with Crippen LogP contribution in [0.2, 0.25) is 0 Å². The molecule has 2 N–H and O–H groups in total. The van der Waals surface area contributed by atoms with Gasteiger partial charge in [0, 0.05) is 13.2 Å². The zero-order chi connectivity index (χ0) is 18.1. The highest BCUT2D eigenvalue weighted by Crippen LogP contribution is 2.29. The molecular formula is C14H15F3N4O2S. The van der Waals surface area contributed by atoms with Crippen molar-refractivity contribution in [3.05, 3.63) is 47.8 Å². The average molecular weight is 360 g/mol. The first-order valence-electron chi connectivity index (χ1n) is 6.76. The van der Waals surface area contributed by atoms with Crippen LogP contribution < -0.4 is 10.0 Å². The Labute approximate surface area is 137 Å². The Balaban J connectivity index is 2.28. The largest absolute Gasteiger partial charge is 0.433 e. The van der Waals surface area contributed by atoms with Crippen molar-refractivity contribution >= 4 is 16.0 Å². The number of hydrogen-bond donors (Lipinski definition) is 1. The number of nitrogens with zero attached hydrogens (tertiary/aromatic N) is 3. The molecule has 0 fully saturated rings. The van der Waals surface area contributed by atoms with Gasteiger partial charge in [-0.25, -0.2) is 23.5 Å². The lowest BCUT2D eigenvalue weighted by atomic mass is 10.1. The molecule has 130 valence electrons. The third kappa shape index (κ3) is 4.01. The fourth-order valence-corrected chi connectivity index (χ4v) is 2.52. The summed E-state index contributed by atoms with van der Waals surface area (Å²) in [6.45, 7) is 1.73. The number of benzene rings is 1. The zero-order valence-electron chi connectivity index (χ0n) is 12.8. The van der Waals surface area contributed by atoms with Crippen LogP contribution in [-0.4, -0.2) is 25.4 Å². The summed E-state index contributed by atoms with van der Waals surface area (Å²) in [4.78, 5) is 8.79. The molecule has 0 aliphatic rings. The van der Waals surface area contributed by atoms with Gasteiger partial charge >= 0.3 is 6.18 Å². The first-order chi connectivity index (χ1) is 11.0. The van der Waals surface area contributed by atoms with Crippen molar-refractivity contribution in [3.63, 3.8) is 0 Å². The molecule has 0 spiro atoms. The smallest absolute Gasteiger partial charge is 0.337 e. The van der Waals surface area contributed by atoms with Crippen LogP contribution in [0.4, 0.5) is 19.1 Å². The molecule has 6 nitrogen and oxygen atoms in total. The number of nitrogens with two attached hydrogens (primary N) is 1. The summed E-state index contributed by atoms with van der Waals surface area (Å²) in [6.07, 6.45) is -3.52. The lowest BCUT2D eigenvalue weighted by Crippen LogP contribution is -2.25. The maximum atomic E-state index is 12.7. The van der Waals surface area contributed by atoms with Crippen LogP contribution in [0.25, 0.3) is 0 Å². The lowest BCUT2D eigenvalue weighted by molar-refractivity contribution is -0.141.